The molecule has 2 aromatic heterocycles. The normalized spacial score (nSPS) is 13.8. The Morgan fingerprint density at radius 2 is 1.78 bits per heavy atom. The van der Waals surface area contributed by atoms with Gasteiger partial charge in [0.15, 0.2) is 0 Å². The van der Waals surface area contributed by atoms with Gasteiger partial charge in [0.25, 0.3) is 5.91 Å². The van der Waals surface area contributed by atoms with Crippen LogP contribution in [0.2, 0.25) is 0 Å². The van der Waals surface area contributed by atoms with E-state index < -0.39 is 0 Å². The number of amidine groups is 1. The van der Waals surface area contributed by atoms with Gasteiger partial charge in [-0.25, -0.2) is 4.98 Å². The molecule has 246 valence electrons. The summed E-state index contributed by atoms with van der Waals surface area (Å²) in [6.07, 6.45) is 12.5. The van der Waals surface area contributed by atoms with Gasteiger partial charge in [0.05, 0.1) is 0 Å². The van der Waals surface area contributed by atoms with Gasteiger partial charge in [-0.2, -0.15) is 0 Å². The zero-order valence-electron chi connectivity index (χ0n) is 29.2. The predicted octanol–water partition coefficient (Wildman–Crippen LogP) is 9.18. The fourth-order valence-electron chi connectivity index (χ4n) is 4.80. The number of aromatic nitrogens is 2. The van der Waals surface area contributed by atoms with E-state index in [-0.39, 0.29) is 5.91 Å². The lowest BCUT2D eigenvalue weighted by atomic mass is 9.98. The Balaban J connectivity index is 0.000000457. The Bertz CT molecular complexity index is 1380. The summed E-state index contributed by atoms with van der Waals surface area (Å²) in [4.78, 5) is 24.2. The molecule has 2 N–H and O–H groups in total. The van der Waals surface area contributed by atoms with E-state index in [4.69, 9.17) is 4.99 Å². The molecule has 1 aliphatic rings. The van der Waals surface area contributed by atoms with Crippen LogP contribution in [0, 0.1) is 0 Å². The van der Waals surface area contributed by atoms with Crippen LogP contribution >= 0.6 is 0 Å². The average molecular weight is 615 g/mol. The molecule has 7 nitrogen and oxygen atoms in total. The van der Waals surface area contributed by atoms with Crippen LogP contribution in [0.5, 0.6) is 0 Å². The first kappa shape index (κ1) is 37.5. The van der Waals surface area contributed by atoms with Crippen LogP contribution in [-0.4, -0.2) is 47.5 Å². The van der Waals surface area contributed by atoms with E-state index in [1.165, 1.54) is 48.8 Å². The summed E-state index contributed by atoms with van der Waals surface area (Å²) < 4.78 is 2.23. The molecule has 0 radical (unpaired) electrons. The molecule has 3 aromatic rings. The summed E-state index contributed by atoms with van der Waals surface area (Å²) in [5, 5.41) is 8.01. The lowest BCUT2D eigenvalue weighted by Crippen LogP contribution is -2.39. The third kappa shape index (κ3) is 12.0. The maximum atomic E-state index is 13.2. The van der Waals surface area contributed by atoms with Crippen molar-refractivity contribution < 1.29 is 4.79 Å². The predicted molar refractivity (Wildman–Crippen MR) is 196 cm³/mol. The second-order valence-electron chi connectivity index (χ2n) is 11.3. The number of aliphatic imine (C=N–C) groups is 1. The highest BCUT2D eigenvalue weighted by Crippen LogP contribution is 2.26. The first-order chi connectivity index (χ1) is 21.8. The van der Waals surface area contributed by atoms with Crippen LogP contribution in [0.1, 0.15) is 93.9 Å². The zero-order valence-corrected chi connectivity index (χ0v) is 29.2. The van der Waals surface area contributed by atoms with Crippen molar-refractivity contribution in [2.45, 2.75) is 100 Å². The summed E-state index contributed by atoms with van der Waals surface area (Å²) in [6.45, 7) is 21.6. The smallest absolute Gasteiger partial charge is 0.255 e. The number of allylic oxidation sites excluding steroid dienone is 2. The fraction of sp³-hybridized carbons (Fsp3) is 0.500. The van der Waals surface area contributed by atoms with Gasteiger partial charge < -0.3 is 15.2 Å². The van der Waals surface area contributed by atoms with Crippen LogP contribution in [0.4, 0.5) is 11.5 Å². The van der Waals surface area contributed by atoms with E-state index in [9.17, 15) is 4.79 Å². The first-order valence-corrected chi connectivity index (χ1v) is 17.0. The number of carbonyl (C=O) groups excluding carboxylic acids is 1. The van der Waals surface area contributed by atoms with E-state index in [2.05, 4.69) is 105 Å². The van der Waals surface area contributed by atoms with E-state index in [0.29, 0.717) is 12.4 Å². The molecule has 45 heavy (non-hydrogen) atoms. The van der Waals surface area contributed by atoms with Crippen molar-refractivity contribution in [3.05, 3.63) is 77.7 Å². The van der Waals surface area contributed by atoms with Gasteiger partial charge in [0.1, 0.15) is 11.7 Å². The summed E-state index contributed by atoms with van der Waals surface area (Å²) >= 11 is 0. The van der Waals surface area contributed by atoms with Gasteiger partial charge in [-0.3, -0.25) is 14.7 Å². The fourth-order valence-corrected chi connectivity index (χ4v) is 4.80. The van der Waals surface area contributed by atoms with Crippen molar-refractivity contribution in [1.29, 1.82) is 0 Å². The second-order valence-corrected chi connectivity index (χ2v) is 11.3. The molecule has 1 aromatic carbocycles. The summed E-state index contributed by atoms with van der Waals surface area (Å²) in [7, 11) is 0. The van der Waals surface area contributed by atoms with Crippen molar-refractivity contribution in [2.24, 2.45) is 4.99 Å². The molecular formula is C38H58N6O. The van der Waals surface area contributed by atoms with Gasteiger partial charge in [-0.1, -0.05) is 51.8 Å². The number of hydrogen-bond donors (Lipinski definition) is 2. The van der Waals surface area contributed by atoms with Crippen molar-refractivity contribution in [2.75, 3.05) is 36.4 Å². The number of amides is 1. The van der Waals surface area contributed by atoms with Crippen molar-refractivity contribution in [3.8, 4) is 0 Å². The molecule has 0 atom stereocenters. The lowest BCUT2D eigenvalue weighted by Gasteiger charge is -2.29. The third-order valence-electron chi connectivity index (χ3n) is 7.88. The standard InChI is InChI=1S/C26H31N5O.C6H15N.C6H12/c1-4-6-14-28-25(29-21-10-11-23-20(18-21)12-16-30(23)5-2)22-13-17-31(26(32)19(22)3)24-9-7-8-15-27-24;1-3-5-7-6-4-2;1-4-6(3)5-2/h7-12,15-16,18H,4-6,13-14,17H2,1-3H3,(H,28,29);7H,3-6H2,1-2H3;4H,5H2,1-3H3/b;;6-4+. The summed E-state index contributed by atoms with van der Waals surface area (Å²) in [6, 6.07) is 14.2. The van der Waals surface area contributed by atoms with E-state index >= 15 is 0 Å². The lowest BCUT2D eigenvalue weighted by molar-refractivity contribution is -0.115. The Morgan fingerprint density at radius 3 is 2.36 bits per heavy atom. The number of anilines is 2. The van der Waals surface area contributed by atoms with Crippen molar-refractivity contribution in [3.63, 3.8) is 0 Å². The zero-order chi connectivity index (χ0) is 33.0. The monoisotopic (exact) mass is 614 g/mol. The number of aryl methyl sites for hydroxylation is 1. The summed E-state index contributed by atoms with van der Waals surface area (Å²) in [5.74, 6) is 1.49. The SMILES string of the molecule is C/C=C(\C)CC.CCCCN=C(Nc1ccc2c(ccn2CC)c1)C1=C(C)C(=O)N(c2ccccn2)CC1.CCCNCCC. The van der Waals surface area contributed by atoms with E-state index in [0.717, 1.165) is 55.0 Å². The van der Waals surface area contributed by atoms with Crippen LogP contribution in [-0.2, 0) is 11.3 Å². The van der Waals surface area contributed by atoms with Crippen LogP contribution < -0.4 is 15.5 Å². The number of pyridine rings is 1. The largest absolute Gasteiger partial charge is 0.348 e. The van der Waals surface area contributed by atoms with Crippen LogP contribution in [0.25, 0.3) is 10.9 Å². The third-order valence-corrected chi connectivity index (χ3v) is 7.88. The Morgan fingerprint density at radius 1 is 1.02 bits per heavy atom. The number of rotatable bonds is 12. The number of hydrogen-bond acceptors (Lipinski definition) is 4. The second kappa shape index (κ2) is 21.1. The summed E-state index contributed by atoms with van der Waals surface area (Å²) in [5.41, 5.74) is 5.39. The molecule has 4 rings (SSSR count). The minimum absolute atomic E-state index is 0.00887. The van der Waals surface area contributed by atoms with Crippen molar-refractivity contribution >= 4 is 34.2 Å². The Labute approximate surface area is 272 Å². The van der Waals surface area contributed by atoms with Gasteiger partial charge in [0, 0.05) is 59.8 Å². The molecule has 0 saturated carbocycles. The number of nitrogens with one attached hydrogen (secondary N) is 2. The van der Waals surface area contributed by atoms with Crippen molar-refractivity contribution in [1.82, 2.24) is 14.9 Å². The van der Waals surface area contributed by atoms with Gasteiger partial charge in [-0.05, 0) is 109 Å². The maximum absolute atomic E-state index is 13.2. The maximum Gasteiger partial charge on any atom is 0.255 e. The molecule has 0 unspecified atom stereocenters. The number of nitrogens with zero attached hydrogens (tertiary/aromatic N) is 4. The van der Waals surface area contributed by atoms with Gasteiger partial charge in [-0.15, -0.1) is 0 Å². The highest BCUT2D eigenvalue weighted by molar-refractivity contribution is 6.17. The molecule has 0 spiro atoms. The minimum atomic E-state index is -0.00887. The van der Waals surface area contributed by atoms with Gasteiger partial charge >= 0.3 is 0 Å². The molecule has 0 aliphatic carbocycles. The molecule has 0 fully saturated rings. The number of carbonyl (C=O) groups is 1. The quantitative estimate of drug-likeness (QED) is 0.0923. The average Bonchev–Trinajstić information content (AvgIpc) is 3.49. The highest BCUT2D eigenvalue weighted by Gasteiger charge is 2.28. The number of benzene rings is 1. The molecule has 0 saturated heterocycles. The van der Waals surface area contributed by atoms with Crippen LogP contribution in [0.15, 0.2) is 82.6 Å². The Kier molecular flexibility index (Phi) is 17.6. The highest BCUT2D eigenvalue weighted by atomic mass is 16.2. The number of unbranched alkanes of at least 4 members (excludes halogenated alkanes) is 1. The topological polar surface area (TPSA) is 74.5 Å². The van der Waals surface area contributed by atoms with E-state index in [1.54, 1.807) is 11.1 Å². The minimum Gasteiger partial charge on any atom is -0.348 e. The molecule has 0 bridgehead atoms. The molecule has 1 aliphatic heterocycles. The van der Waals surface area contributed by atoms with E-state index in [1.807, 2.05) is 25.1 Å². The molecule has 1 amide bonds. The molecular weight excluding hydrogens is 556 g/mol. The molecule has 3 heterocycles. The Hall–Kier alpha value is -3.71. The first-order valence-electron chi connectivity index (χ1n) is 17.0. The number of fused-ring (bicyclic) bond motifs is 1. The van der Waals surface area contributed by atoms with Gasteiger partial charge in [0.2, 0.25) is 0 Å². The molecule has 7 heteroatoms. The van der Waals surface area contributed by atoms with Crippen LogP contribution in [0.3, 0.4) is 0 Å².